The number of amides is 1. The highest BCUT2D eigenvalue weighted by molar-refractivity contribution is 8.03. The van der Waals surface area contributed by atoms with E-state index in [0.29, 0.717) is 25.0 Å². The van der Waals surface area contributed by atoms with Gasteiger partial charge in [0, 0.05) is 28.9 Å². The van der Waals surface area contributed by atoms with E-state index in [2.05, 4.69) is 31.9 Å². The lowest BCUT2D eigenvalue weighted by atomic mass is 10.1. The summed E-state index contributed by atoms with van der Waals surface area (Å²) in [6.45, 7) is 2.97. The van der Waals surface area contributed by atoms with Crippen LogP contribution in [0.15, 0.2) is 33.8 Å². The molecule has 150 valence electrons. The Balaban J connectivity index is 1.33. The summed E-state index contributed by atoms with van der Waals surface area (Å²) in [4.78, 5) is 22.5. The van der Waals surface area contributed by atoms with Crippen molar-refractivity contribution in [1.29, 1.82) is 0 Å². The van der Waals surface area contributed by atoms with Crippen LogP contribution in [0.25, 0.3) is 0 Å². The zero-order chi connectivity index (χ0) is 19.8. The van der Waals surface area contributed by atoms with Gasteiger partial charge in [0.15, 0.2) is 5.82 Å². The number of allylic oxidation sites excluding steroid dienone is 4. The molecule has 1 amide bonds. The highest BCUT2D eigenvalue weighted by Gasteiger charge is 2.30. The lowest BCUT2D eigenvalue weighted by Crippen LogP contribution is -2.24. The maximum absolute atomic E-state index is 11.9. The van der Waals surface area contributed by atoms with Crippen LogP contribution in [0.1, 0.15) is 42.6 Å². The molecule has 5 rings (SSSR count). The first-order valence-electron chi connectivity index (χ1n) is 9.79. The van der Waals surface area contributed by atoms with E-state index in [1.165, 1.54) is 4.91 Å². The van der Waals surface area contributed by atoms with Gasteiger partial charge < -0.3 is 15.4 Å². The van der Waals surface area contributed by atoms with Crippen molar-refractivity contribution in [3.8, 4) is 0 Å². The predicted molar refractivity (Wildman–Crippen MR) is 109 cm³/mol. The Morgan fingerprint density at radius 3 is 2.86 bits per heavy atom. The zero-order valence-corrected chi connectivity index (χ0v) is 16.9. The number of nitrogens with one attached hydrogen (secondary N) is 3. The molecule has 1 saturated carbocycles. The van der Waals surface area contributed by atoms with E-state index in [-0.39, 0.29) is 11.8 Å². The Labute approximate surface area is 172 Å². The van der Waals surface area contributed by atoms with Gasteiger partial charge >= 0.3 is 0 Å². The minimum atomic E-state index is 0.163. The number of carbonyl (C=O) groups excluding carboxylic acids is 1. The van der Waals surface area contributed by atoms with Crippen molar-refractivity contribution in [2.45, 2.75) is 50.8 Å². The largest absolute Gasteiger partial charge is 0.370 e. The Bertz CT molecular complexity index is 1020. The number of carbonyl (C=O) groups is 1. The average Bonchev–Trinajstić information content (AvgIpc) is 3.32. The summed E-state index contributed by atoms with van der Waals surface area (Å²) in [5.74, 6) is 1.60. The SMILES string of the molecule is Cc1cc(Nc2nc3c(c(SC4=CC=C(NC(=O)C5CC5)CC4)n2)COC3)n[nH]1. The minimum Gasteiger partial charge on any atom is -0.370 e. The lowest BCUT2D eigenvalue weighted by Gasteiger charge is -2.16. The molecule has 0 spiro atoms. The summed E-state index contributed by atoms with van der Waals surface area (Å²) in [6.07, 6.45) is 7.83. The Morgan fingerprint density at radius 2 is 2.14 bits per heavy atom. The second-order valence-corrected chi connectivity index (χ2v) is 8.64. The number of hydrogen-bond acceptors (Lipinski definition) is 7. The molecule has 0 saturated heterocycles. The highest BCUT2D eigenvalue weighted by Crippen LogP contribution is 2.37. The van der Waals surface area contributed by atoms with Crippen molar-refractivity contribution in [2.75, 3.05) is 5.32 Å². The first kappa shape index (κ1) is 18.4. The number of aromatic nitrogens is 4. The maximum atomic E-state index is 11.9. The van der Waals surface area contributed by atoms with Gasteiger partial charge in [-0.15, -0.1) is 0 Å². The lowest BCUT2D eigenvalue weighted by molar-refractivity contribution is -0.121. The molecule has 3 N–H and O–H groups in total. The molecular weight excluding hydrogens is 388 g/mol. The van der Waals surface area contributed by atoms with Crippen LogP contribution in [-0.4, -0.2) is 26.1 Å². The van der Waals surface area contributed by atoms with Gasteiger partial charge in [-0.1, -0.05) is 17.8 Å². The second kappa shape index (κ2) is 7.64. The number of fused-ring (bicyclic) bond motifs is 1. The molecule has 3 heterocycles. The van der Waals surface area contributed by atoms with Crippen LogP contribution in [0, 0.1) is 12.8 Å². The van der Waals surface area contributed by atoms with E-state index < -0.39 is 0 Å². The van der Waals surface area contributed by atoms with E-state index >= 15 is 0 Å². The molecule has 9 heteroatoms. The predicted octanol–water partition coefficient (Wildman–Crippen LogP) is 3.46. The van der Waals surface area contributed by atoms with Crippen LogP contribution in [-0.2, 0) is 22.7 Å². The molecule has 29 heavy (non-hydrogen) atoms. The van der Waals surface area contributed by atoms with Crippen LogP contribution >= 0.6 is 11.8 Å². The van der Waals surface area contributed by atoms with Gasteiger partial charge in [0.1, 0.15) is 5.03 Å². The normalized spacial score (nSPS) is 18.1. The van der Waals surface area contributed by atoms with Crippen molar-refractivity contribution < 1.29 is 9.53 Å². The van der Waals surface area contributed by atoms with Crippen molar-refractivity contribution in [2.24, 2.45) is 5.92 Å². The van der Waals surface area contributed by atoms with Gasteiger partial charge in [0.05, 0.1) is 18.9 Å². The summed E-state index contributed by atoms with van der Waals surface area (Å²) in [7, 11) is 0. The fraction of sp³-hybridized carbons (Fsp3) is 0.400. The molecule has 1 aliphatic heterocycles. The van der Waals surface area contributed by atoms with Crippen LogP contribution in [0.5, 0.6) is 0 Å². The molecule has 0 radical (unpaired) electrons. The van der Waals surface area contributed by atoms with Crippen LogP contribution < -0.4 is 10.6 Å². The van der Waals surface area contributed by atoms with Crippen molar-refractivity contribution in [1.82, 2.24) is 25.5 Å². The minimum absolute atomic E-state index is 0.163. The number of aromatic amines is 1. The molecule has 3 aliphatic rings. The summed E-state index contributed by atoms with van der Waals surface area (Å²) >= 11 is 1.64. The molecule has 2 aliphatic carbocycles. The average molecular weight is 411 g/mol. The van der Waals surface area contributed by atoms with Crippen LogP contribution in [0.3, 0.4) is 0 Å². The molecule has 0 bridgehead atoms. The molecular formula is C20H22N6O2S. The summed E-state index contributed by atoms with van der Waals surface area (Å²) < 4.78 is 5.60. The Kier molecular flexibility index (Phi) is 4.84. The number of nitrogens with zero attached hydrogens (tertiary/aromatic N) is 3. The molecule has 2 aromatic rings. The van der Waals surface area contributed by atoms with E-state index in [0.717, 1.165) is 53.4 Å². The Morgan fingerprint density at radius 1 is 1.24 bits per heavy atom. The summed E-state index contributed by atoms with van der Waals surface area (Å²) in [5, 5.41) is 14.2. The third-order valence-electron chi connectivity index (χ3n) is 5.06. The van der Waals surface area contributed by atoms with E-state index in [4.69, 9.17) is 9.72 Å². The number of anilines is 2. The fourth-order valence-corrected chi connectivity index (χ4v) is 4.32. The third kappa shape index (κ3) is 4.20. The standard InChI is InChI=1S/C20H22N6O2S/c1-11-8-17(26-25-11)23-20-22-16-10-28-9-15(16)19(24-20)29-14-6-4-13(5-7-14)21-18(27)12-2-3-12/h4,6,8,12H,2-3,5,7,9-10H2,1H3,(H,21,27)(H2,22,23,24,25,26). The fourth-order valence-electron chi connectivity index (χ4n) is 3.30. The van der Waals surface area contributed by atoms with Gasteiger partial charge in [-0.3, -0.25) is 9.89 Å². The van der Waals surface area contributed by atoms with Crippen molar-refractivity contribution in [3.05, 3.63) is 45.8 Å². The molecule has 8 nitrogen and oxygen atoms in total. The van der Waals surface area contributed by atoms with Gasteiger partial charge in [0.25, 0.3) is 0 Å². The number of H-pyrrole nitrogens is 1. The van der Waals surface area contributed by atoms with Gasteiger partial charge in [0.2, 0.25) is 11.9 Å². The van der Waals surface area contributed by atoms with Gasteiger partial charge in [-0.2, -0.15) is 5.10 Å². The number of hydrogen-bond donors (Lipinski definition) is 3. The highest BCUT2D eigenvalue weighted by atomic mass is 32.2. The number of thioether (sulfide) groups is 1. The van der Waals surface area contributed by atoms with Crippen LogP contribution in [0.4, 0.5) is 11.8 Å². The number of aryl methyl sites for hydroxylation is 1. The van der Waals surface area contributed by atoms with Crippen LogP contribution in [0.2, 0.25) is 0 Å². The molecule has 0 aromatic carbocycles. The first-order valence-corrected chi connectivity index (χ1v) is 10.6. The summed E-state index contributed by atoms with van der Waals surface area (Å²) in [5.41, 5.74) is 3.94. The first-order chi connectivity index (χ1) is 14.1. The van der Waals surface area contributed by atoms with Crippen molar-refractivity contribution in [3.63, 3.8) is 0 Å². The van der Waals surface area contributed by atoms with E-state index in [1.807, 2.05) is 19.1 Å². The number of ether oxygens (including phenoxy) is 1. The second-order valence-electron chi connectivity index (χ2n) is 7.52. The molecule has 0 atom stereocenters. The van der Waals surface area contributed by atoms with Crippen molar-refractivity contribution >= 4 is 29.4 Å². The molecule has 1 fully saturated rings. The smallest absolute Gasteiger partial charge is 0.229 e. The molecule has 0 unspecified atom stereocenters. The number of rotatable bonds is 6. The monoisotopic (exact) mass is 410 g/mol. The third-order valence-corrected chi connectivity index (χ3v) is 6.19. The van der Waals surface area contributed by atoms with Gasteiger partial charge in [-0.05, 0) is 43.6 Å². The van der Waals surface area contributed by atoms with E-state index in [9.17, 15) is 4.79 Å². The topological polar surface area (TPSA) is 105 Å². The van der Waals surface area contributed by atoms with Gasteiger partial charge in [-0.25, -0.2) is 9.97 Å². The maximum Gasteiger partial charge on any atom is 0.229 e. The Hall–Kier alpha value is -2.65. The molecule has 2 aromatic heterocycles. The quantitative estimate of drug-likeness (QED) is 0.626. The zero-order valence-electron chi connectivity index (χ0n) is 16.1. The summed E-state index contributed by atoms with van der Waals surface area (Å²) in [6, 6.07) is 1.91. The van der Waals surface area contributed by atoms with E-state index in [1.54, 1.807) is 11.8 Å².